The topological polar surface area (TPSA) is 135 Å². The molecule has 2 heterocycles. The predicted octanol–water partition coefficient (Wildman–Crippen LogP) is 5.84. The average Bonchev–Trinajstić information content (AvgIpc) is 2.86. The van der Waals surface area contributed by atoms with Gasteiger partial charge in [0, 0.05) is 11.9 Å². The molecule has 1 aliphatic heterocycles. The fraction of sp³-hybridized carbons (Fsp3) is 0.480. The first-order valence-electron chi connectivity index (χ1n) is 12.4. The van der Waals surface area contributed by atoms with Gasteiger partial charge in [0.05, 0.1) is 23.0 Å². The van der Waals surface area contributed by atoms with Crippen molar-refractivity contribution in [2.75, 3.05) is 16.2 Å². The monoisotopic (exact) mass is 627 g/mol. The van der Waals surface area contributed by atoms with Gasteiger partial charge < -0.3 is 14.6 Å². The number of alkyl halides is 6. The van der Waals surface area contributed by atoms with Gasteiger partial charge in [-0.15, -0.1) is 0 Å². The maximum Gasteiger partial charge on any atom is 0.433 e. The molecule has 2 aromatic rings. The lowest BCUT2D eigenvalue weighted by Gasteiger charge is -2.36. The van der Waals surface area contributed by atoms with Crippen LogP contribution in [0.5, 0.6) is 5.75 Å². The highest BCUT2D eigenvalue weighted by molar-refractivity contribution is 7.92. The molecule has 10 nitrogen and oxygen atoms in total. The summed E-state index contributed by atoms with van der Waals surface area (Å²) >= 11 is 0. The van der Waals surface area contributed by atoms with Crippen LogP contribution in [-0.4, -0.2) is 55.0 Å². The summed E-state index contributed by atoms with van der Waals surface area (Å²) in [5.41, 5.74) is -4.84. The van der Waals surface area contributed by atoms with Crippen molar-refractivity contribution in [2.24, 2.45) is 5.92 Å². The Labute approximate surface area is 236 Å². The van der Waals surface area contributed by atoms with Crippen LogP contribution < -0.4 is 14.4 Å². The zero-order valence-electron chi connectivity index (χ0n) is 22.4. The molecule has 0 bridgehead atoms. The van der Waals surface area contributed by atoms with Crippen LogP contribution in [0.4, 0.5) is 42.5 Å². The minimum atomic E-state index is -4.96. The van der Waals surface area contributed by atoms with E-state index in [0.717, 1.165) is 12.1 Å². The first-order valence-corrected chi connectivity index (χ1v) is 13.9. The largest absolute Gasteiger partial charge is 0.486 e. The van der Waals surface area contributed by atoms with Crippen LogP contribution in [0.15, 0.2) is 41.4 Å². The van der Waals surface area contributed by atoms with Crippen molar-refractivity contribution in [1.82, 2.24) is 4.98 Å². The van der Waals surface area contributed by atoms with E-state index in [1.54, 1.807) is 6.92 Å². The van der Waals surface area contributed by atoms with Crippen molar-refractivity contribution >= 4 is 33.5 Å². The van der Waals surface area contributed by atoms with E-state index < -0.39 is 69.2 Å². The van der Waals surface area contributed by atoms with Crippen molar-refractivity contribution in [3.63, 3.8) is 0 Å². The summed E-state index contributed by atoms with van der Waals surface area (Å²) < 4.78 is 118. The number of hydrogen-bond acceptors (Lipinski definition) is 7. The Kier molecular flexibility index (Phi) is 9.24. The van der Waals surface area contributed by atoms with Gasteiger partial charge >= 0.3 is 24.4 Å². The number of anilines is 2. The van der Waals surface area contributed by atoms with E-state index in [1.165, 1.54) is 12.1 Å². The Morgan fingerprint density at radius 2 is 1.83 bits per heavy atom. The number of sulfonamides is 1. The second-order valence-electron chi connectivity index (χ2n) is 9.92. The summed E-state index contributed by atoms with van der Waals surface area (Å²) in [6, 6.07) is 4.54. The number of carboxylic acids is 1. The molecule has 2 unspecified atom stereocenters. The minimum Gasteiger partial charge on any atom is -0.486 e. The van der Waals surface area contributed by atoms with E-state index in [0.29, 0.717) is 36.8 Å². The molecule has 0 spiro atoms. The van der Waals surface area contributed by atoms with Crippen molar-refractivity contribution in [3.8, 4) is 5.75 Å². The van der Waals surface area contributed by atoms with Gasteiger partial charge in [-0.3, -0.25) is 19.4 Å². The summed E-state index contributed by atoms with van der Waals surface area (Å²) in [6.45, 7) is 2.46. The number of aliphatic carboxylic acids is 1. The third-order valence-corrected chi connectivity index (χ3v) is 8.09. The zero-order valence-corrected chi connectivity index (χ0v) is 23.2. The SMILES string of the molecule is CCCC(CC1CN(S(=O)(=O)c2ccnc(C(F)(F)F)c2)c2cc(NC(=O)OC(C)(C)C(F)(F)F)ccc2O1)C(=O)O. The molecule has 2 atom stereocenters. The number of rotatable bonds is 9. The third kappa shape index (κ3) is 7.35. The second kappa shape index (κ2) is 11.9. The summed E-state index contributed by atoms with van der Waals surface area (Å²) in [7, 11) is -4.78. The van der Waals surface area contributed by atoms with Crippen LogP contribution in [-0.2, 0) is 25.7 Å². The van der Waals surface area contributed by atoms with Gasteiger partial charge in [-0.1, -0.05) is 13.3 Å². The maximum absolute atomic E-state index is 13.7. The first-order chi connectivity index (χ1) is 19.3. The Morgan fingerprint density at radius 3 is 2.40 bits per heavy atom. The smallest absolute Gasteiger partial charge is 0.433 e. The van der Waals surface area contributed by atoms with Crippen molar-refractivity contribution in [2.45, 2.75) is 69.0 Å². The van der Waals surface area contributed by atoms with Crippen LogP contribution in [0.1, 0.15) is 45.7 Å². The molecule has 0 aliphatic carbocycles. The van der Waals surface area contributed by atoms with Gasteiger partial charge in [0.1, 0.15) is 17.5 Å². The molecular formula is C25H27F6N3O7S. The number of amides is 1. The summed E-state index contributed by atoms with van der Waals surface area (Å²) in [6.07, 6.45) is -11.2. The standard InChI is InChI=1S/C25H27F6N3O7S/c1-4-5-14(21(35)36)10-16-13-34(42(38,39)17-8-9-32-20(12-17)24(26,27)28)18-11-15(6-7-19(18)40-16)33-22(37)41-23(2,3)25(29,30)31/h6-9,11-12,14,16H,4-5,10,13H2,1-3H3,(H,33,37)(H,35,36). The molecule has 17 heteroatoms. The number of ether oxygens (including phenoxy) is 2. The van der Waals surface area contributed by atoms with E-state index in [4.69, 9.17) is 4.74 Å². The quantitative estimate of drug-likeness (QED) is 0.332. The first kappa shape index (κ1) is 32.8. The number of halogens is 6. The molecule has 232 valence electrons. The Bertz CT molecular complexity index is 1430. The van der Waals surface area contributed by atoms with Gasteiger partial charge in [0.25, 0.3) is 10.0 Å². The van der Waals surface area contributed by atoms with E-state index >= 15 is 0 Å². The van der Waals surface area contributed by atoms with Crippen LogP contribution in [0, 0.1) is 5.92 Å². The number of hydrogen-bond donors (Lipinski definition) is 2. The van der Waals surface area contributed by atoms with Gasteiger partial charge in [-0.2, -0.15) is 26.3 Å². The van der Waals surface area contributed by atoms with Crippen LogP contribution in [0.3, 0.4) is 0 Å². The van der Waals surface area contributed by atoms with Crippen LogP contribution in [0.25, 0.3) is 0 Å². The zero-order chi connectivity index (χ0) is 31.7. The van der Waals surface area contributed by atoms with E-state index in [1.807, 2.05) is 0 Å². The van der Waals surface area contributed by atoms with Gasteiger partial charge in [0.2, 0.25) is 5.60 Å². The number of pyridine rings is 1. The minimum absolute atomic E-state index is 0.130. The average molecular weight is 628 g/mol. The summed E-state index contributed by atoms with van der Waals surface area (Å²) in [5, 5.41) is 11.6. The summed E-state index contributed by atoms with van der Waals surface area (Å²) in [4.78, 5) is 26.3. The molecule has 0 radical (unpaired) electrons. The van der Waals surface area contributed by atoms with E-state index in [-0.39, 0.29) is 30.0 Å². The molecule has 0 fully saturated rings. The number of fused-ring (bicyclic) bond motifs is 1. The highest BCUT2D eigenvalue weighted by Crippen LogP contribution is 2.41. The lowest BCUT2D eigenvalue weighted by molar-refractivity contribution is -0.242. The molecular weight excluding hydrogens is 600 g/mol. The van der Waals surface area contributed by atoms with Crippen molar-refractivity contribution in [1.29, 1.82) is 0 Å². The number of aromatic nitrogens is 1. The second-order valence-corrected chi connectivity index (χ2v) is 11.8. The maximum atomic E-state index is 13.7. The van der Waals surface area contributed by atoms with Crippen molar-refractivity contribution in [3.05, 3.63) is 42.2 Å². The lowest BCUT2D eigenvalue weighted by atomic mass is 9.96. The third-order valence-electron chi connectivity index (χ3n) is 6.31. The molecule has 3 rings (SSSR count). The Hall–Kier alpha value is -3.76. The van der Waals surface area contributed by atoms with Gasteiger partial charge in [-0.25, -0.2) is 13.2 Å². The van der Waals surface area contributed by atoms with Gasteiger partial charge in [0.15, 0.2) is 0 Å². The van der Waals surface area contributed by atoms with Gasteiger partial charge in [-0.05, 0) is 57.0 Å². The molecule has 42 heavy (non-hydrogen) atoms. The number of carboxylic acid groups (broad SMARTS) is 1. The fourth-order valence-corrected chi connectivity index (χ4v) is 5.55. The Balaban J connectivity index is 2.04. The summed E-state index contributed by atoms with van der Waals surface area (Å²) in [5.74, 6) is -2.20. The molecule has 1 aromatic carbocycles. The fourth-order valence-electron chi connectivity index (χ4n) is 4.03. The molecule has 1 amide bonds. The normalized spacial score (nSPS) is 16.7. The van der Waals surface area contributed by atoms with E-state index in [9.17, 15) is 49.5 Å². The van der Waals surface area contributed by atoms with E-state index in [2.05, 4.69) is 15.0 Å². The number of carbonyl (C=O) groups excluding carboxylic acids is 1. The molecule has 1 aliphatic rings. The number of benzene rings is 1. The van der Waals surface area contributed by atoms with Crippen molar-refractivity contribution < 1.29 is 58.9 Å². The highest BCUT2D eigenvalue weighted by atomic mass is 32.2. The molecule has 0 saturated carbocycles. The molecule has 0 saturated heterocycles. The van der Waals surface area contributed by atoms with Crippen LogP contribution >= 0.6 is 0 Å². The van der Waals surface area contributed by atoms with Crippen LogP contribution in [0.2, 0.25) is 0 Å². The number of nitrogens with one attached hydrogen (secondary N) is 1. The Morgan fingerprint density at radius 1 is 1.17 bits per heavy atom. The molecule has 1 aromatic heterocycles. The number of nitrogens with zero attached hydrogens (tertiary/aromatic N) is 2. The number of carbonyl (C=O) groups is 2. The highest BCUT2D eigenvalue weighted by Gasteiger charge is 2.51. The molecule has 2 N–H and O–H groups in total. The predicted molar refractivity (Wildman–Crippen MR) is 136 cm³/mol. The lowest BCUT2D eigenvalue weighted by Crippen LogP contribution is -2.45.